The third-order valence-corrected chi connectivity index (χ3v) is 5.00. The first-order valence-corrected chi connectivity index (χ1v) is 10.2. The van der Waals surface area contributed by atoms with Gasteiger partial charge >= 0.3 is 5.97 Å². The van der Waals surface area contributed by atoms with E-state index >= 15 is 0 Å². The molecule has 0 N–H and O–H groups in total. The van der Waals surface area contributed by atoms with Crippen LogP contribution in [0.1, 0.15) is 34.6 Å². The number of ether oxygens (including phenoxy) is 2. The number of piperazine rings is 1. The molecule has 0 unspecified atom stereocenters. The Morgan fingerprint density at radius 2 is 1.61 bits per heavy atom. The average Bonchev–Trinajstić information content (AvgIpc) is 2.79. The van der Waals surface area contributed by atoms with Crippen molar-refractivity contribution < 1.29 is 24.0 Å². The fraction of sp³-hybridized carbons (Fsp3) is 0.364. The number of carbonyl (C=O) groups excluding carboxylic acids is 2. The maximum absolute atomic E-state index is 12.8. The number of rotatable bonds is 7. The predicted molar refractivity (Wildman–Crippen MR) is 115 cm³/mol. The van der Waals surface area contributed by atoms with Crippen molar-refractivity contribution in [1.82, 2.24) is 4.90 Å². The van der Waals surface area contributed by atoms with Crippen molar-refractivity contribution in [2.24, 2.45) is 0 Å². The molecule has 1 fully saturated rings. The first-order chi connectivity index (χ1) is 14.9. The smallest absolute Gasteiger partial charge is 0.338 e. The van der Waals surface area contributed by atoms with Crippen LogP contribution in [0.3, 0.4) is 0 Å². The average molecular weight is 427 g/mol. The maximum atomic E-state index is 12.8. The first-order valence-electron chi connectivity index (χ1n) is 10.2. The summed E-state index contributed by atoms with van der Waals surface area (Å²) in [6, 6.07) is 11.3. The number of nitro benzene ring substituents is 1. The predicted octanol–water partition coefficient (Wildman–Crippen LogP) is 3.13. The van der Waals surface area contributed by atoms with Gasteiger partial charge in [-0.2, -0.15) is 0 Å². The van der Waals surface area contributed by atoms with Crippen LogP contribution in [0, 0.1) is 10.1 Å². The zero-order chi connectivity index (χ0) is 22.4. The van der Waals surface area contributed by atoms with E-state index in [1.165, 1.54) is 12.1 Å². The second kappa shape index (κ2) is 9.92. The third kappa shape index (κ3) is 5.11. The van der Waals surface area contributed by atoms with Gasteiger partial charge in [0.1, 0.15) is 11.4 Å². The van der Waals surface area contributed by atoms with Crippen LogP contribution in [-0.4, -0.2) is 61.1 Å². The van der Waals surface area contributed by atoms with E-state index in [0.717, 1.165) is 0 Å². The Bertz CT molecular complexity index is 952. The number of anilines is 1. The van der Waals surface area contributed by atoms with Crippen molar-refractivity contribution in [2.75, 3.05) is 44.3 Å². The molecule has 1 aliphatic rings. The van der Waals surface area contributed by atoms with E-state index in [0.29, 0.717) is 49.8 Å². The minimum Gasteiger partial charge on any atom is -0.494 e. The minimum atomic E-state index is -0.595. The number of amides is 1. The summed E-state index contributed by atoms with van der Waals surface area (Å²) in [4.78, 5) is 39.3. The lowest BCUT2D eigenvalue weighted by molar-refractivity contribution is -0.384. The molecule has 9 nitrogen and oxygen atoms in total. The molecule has 1 amide bonds. The van der Waals surface area contributed by atoms with Crippen molar-refractivity contribution in [3.8, 4) is 5.75 Å². The highest BCUT2D eigenvalue weighted by molar-refractivity contribution is 5.94. The summed E-state index contributed by atoms with van der Waals surface area (Å²) >= 11 is 0. The largest absolute Gasteiger partial charge is 0.494 e. The summed E-state index contributed by atoms with van der Waals surface area (Å²) in [5.41, 5.74) is 0.978. The van der Waals surface area contributed by atoms with Gasteiger partial charge in [-0.15, -0.1) is 0 Å². The topological polar surface area (TPSA) is 102 Å². The molecule has 0 aromatic heterocycles. The standard InChI is InChI=1S/C22H25N3O6/c1-3-30-18-8-5-16(6-9-18)21(26)24-13-11-23(12-14-24)19-10-7-17(22(27)31-4-2)15-20(19)25(28)29/h5-10,15H,3-4,11-14H2,1-2H3. The van der Waals surface area contributed by atoms with Crippen LogP contribution in [0.15, 0.2) is 42.5 Å². The molecule has 0 aliphatic carbocycles. The highest BCUT2D eigenvalue weighted by Crippen LogP contribution is 2.30. The van der Waals surface area contributed by atoms with E-state index in [1.807, 2.05) is 11.8 Å². The van der Waals surface area contributed by atoms with Crippen LogP contribution in [-0.2, 0) is 4.74 Å². The zero-order valence-corrected chi connectivity index (χ0v) is 17.6. The molecule has 2 aromatic carbocycles. The number of nitro groups is 1. The fourth-order valence-corrected chi connectivity index (χ4v) is 3.47. The second-order valence-corrected chi connectivity index (χ2v) is 6.92. The maximum Gasteiger partial charge on any atom is 0.338 e. The summed E-state index contributed by atoms with van der Waals surface area (Å²) < 4.78 is 10.3. The number of nitrogens with zero attached hydrogens (tertiary/aromatic N) is 3. The highest BCUT2D eigenvalue weighted by Gasteiger charge is 2.27. The molecule has 1 aliphatic heterocycles. The van der Waals surface area contributed by atoms with Gasteiger partial charge in [0.05, 0.1) is 23.7 Å². The van der Waals surface area contributed by atoms with Gasteiger partial charge in [-0.1, -0.05) is 0 Å². The molecule has 3 rings (SSSR count). The molecule has 31 heavy (non-hydrogen) atoms. The van der Waals surface area contributed by atoms with Gasteiger partial charge in [0, 0.05) is 37.8 Å². The Kier molecular flexibility index (Phi) is 7.07. The molecule has 164 valence electrons. The van der Waals surface area contributed by atoms with Gasteiger partial charge in [-0.05, 0) is 50.2 Å². The lowest BCUT2D eigenvalue weighted by Crippen LogP contribution is -2.49. The lowest BCUT2D eigenvalue weighted by Gasteiger charge is -2.35. The molecule has 0 saturated carbocycles. The summed E-state index contributed by atoms with van der Waals surface area (Å²) in [6.45, 7) is 6.08. The van der Waals surface area contributed by atoms with Gasteiger partial charge in [0.25, 0.3) is 11.6 Å². The molecule has 0 atom stereocenters. The van der Waals surface area contributed by atoms with E-state index in [4.69, 9.17) is 9.47 Å². The van der Waals surface area contributed by atoms with E-state index < -0.39 is 10.9 Å². The van der Waals surface area contributed by atoms with Crippen molar-refractivity contribution in [3.05, 3.63) is 63.7 Å². The highest BCUT2D eigenvalue weighted by atomic mass is 16.6. The van der Waals surface area contributed by atoms with Gasteiger partial charge in [0.2, 0.25) is 0 Å². The van der Waals surface area contributed by atoms with Crippen molar-refractivity contribution in [2.45, 2.75) is 13.8 Å². The second-order valence-electron chi connectivity index (χ2n) is 6.92. The minimum absolute atomic E-state index is 0.0881. The number of benzene rings is 2. The van der Waals surface area contributed by atoms with Gasteiger partial charge < -0.3 is 19.3 Å². The molecular weight excluding hydrogens is 402 g/mol. The Labute approximate surface area is 180 Å². The number of hydrogen-bond acceptors (Lipinski definition) is 7. The fourth-order valence-electron chi connectivity index (χ4n) is 3.47. The van der Waals surface area contributed by atoms with Gasteiger partial charge in [0.15, 0.2) is 0 Å². The van der Waals surface area contributed by atoms with Crippen molar-refractivity contribution in [1.29, 1.82) is 0 Å². The number of carbonyl (C=O) groups is 2. The van der Waals surface area contributed by atoms with Crippen LogP contribution >= 0.6 is 0 Å². The van der Waals surface area contributed by atoms with E-state index in [-0.39, 0.29) is 23.8 Å². The molecule has 0 spiro atoms. The molecule has 0 bridgehead atoms. The summed E-state index contributed by atoms with van der Waals surface area (Å²) in [5.74, 6) is 0.0280. The van der Waals surface area contributed by atoms with Crippen molar-refractivity contribution in [3.63, 3.8) is 0 Å². The molecule has 1 saturated heterocycles. The Hall–Kier alpha value is -3.62. The quantitative estimate of drug-likeness (QED) is 0.380. The summed E-state index contributed by atoms with van der Waals surface area (Å²) in [5, 5.41) is 11.6. The molecule has 9 heteroatoms. The first kappa shape index (κ1) is 22.1. The normalized spacial score (nSPS) is 13.6. The number of esters is 1. The van der Waals surface area contributed by atoms with Crippen molar-refractivity contribution >= 4 is 23.3 Å². The van der Waals surface area contributed by atoms with E-state index in [1.54, 1.807) is 42.2 Å². The Morgan fingerprint density at radius 1 is 0.968 bits per heavy atom. The summed E-state index contributed by atoms with van der Waals surface area (Å²) in [6.07, 6.45) is 0. The van der Waals surface area contributed by atoms with Crippen LogP contribution in [0.25, 0.3) is 0 Å². The van der Waals surface area contributed by atoms with Crippen LogP contribution in [0.5, 0.6) is 5.75 Å². The van der Waals surface area contributed by atoms with Crippen LogP contribution in [0.2, 0.25) is 0 Å². The molecule has 0 radical (unpaired) electrons. The zero-order valence-electron chi connectivity index (χ0n) is 17.6. The van der Waals surface area contributed by atoms with Crippen LogP contribution < -0.4 is 9.64 Å². The molecule has 1 heterocycles. The van der Waals surface area contributed by atoms with Crippen LogP contribution in [0.4, 0.5) is 11.4 Å². The Morgan fingerprint density at radius 3 is 2.19 bits per heavy atom. The Balaban J connectivity index is 1.69. The van der Waals surface area contributed by atoms with Gasteiger partial charge in [-0.3, -0.25) is 14.9 Å². The van der Waals surface area contributed by atoms with E-state index in [2.05, 4.69) is 0 Å². The molecule has 2 aromatic rings. The van der Waals surface area contributed by atoms with Gasteiger partial charge in [-0.25, -0.2) is 4.79 Å². The monoisotopic (exact) mass is 427 g/mol. The van der Waals surface area contributed by atoms with E-state index in [9.17, 15) is 19.7 Å². The summed E-state index contributed by atoms with van der Waals surface area (Å²) in [7, 11) is 0. The lowest BCUT2D eigenvalue weighted by atomic mass is 10.1. The number of hydrogen-bond donors (Lipinski definition) is 0. The molecular formula is C22H25N3O6. The third-order valence-electron chi connectivity index (χ3n) is 5.00. The SMILES string of the molecule is CCOC(=O)c1ccc(N2CCN(C(=O)c3ccc(OCC)cc3)CC2)c([N+](=O)[O-])c1.